The largest absolute Gasteiger partial charge is 0.467 e. The van der Waals surface area contributed by atoms with Gasteiger partial charge in [-0.15, -0.1) is 5.10 Å². The number of furan rings is 1. The van der Waals surface area contributed by atoms with Crippen molar-refractivity contribution >= 4 is 17.7 Å². The molecule has 8 heteroatoms. The molecule has 0 aliphatic heterocycles. The fraction of sp³-hybridized carbons (Fsp3) is 0.455. The van der Waals surface area contributed by atoms with Gasteiger partial charge in [-0.1, -0.05) is 11.8 Å². The van der Waals surface area contributed by atoms with Crippen LogP contribution in [0.3, 0.4) is 0 Å². The van der Waals surface area contributed by atoms with Gasteiger partial charge >= 0.3 is 0 Å². The van der Waals surface area contributed by atoms with E-state index in [0.29, 0.717) is 18.2 Å². The molecule has 0 radical (unpaired) electrons. The van der Waals surface area contributed by atoms with E-state index in [9.17, 15) is 4.79 Å². The first-order chi connectivity index (χ1) is 9.20. The van der Waals surface area contributed by atoms with Gasteiger partial charge in [-0.2, -0.15) is 0 Å². The Morgan fingerprint density at radius 2 is 2.47 bits per heavy atom. The van der Waals surface area contributed by atoms with Gasteiger partial charge in [0.2, 0.25) is 11.1 Å². The number of rotatable bonds is 6. The molecule has 2 rings (SSSR count). The van der Waals surface area contributed by atoms with Crippen LogP contribution in [0, 0.1) is 0 Å². The van der Waals surface area contributed by atoms with Crippen molar-refractivity contribution in [3.63, 3.8) is 0 Å². The molecular weight excluding hydrogens is 266 g/mol. The minimum absolute atomic E-state index is 0.0277. The highest BCUT2D eigenvalue weighted by Gasteiger charge is 2.18. The second-order valence-corrected chi connectivity index (χ2v) is 5.16. The molecule has 2 aromatic heterocycles. The topological polar surface area (TPSA) is 85.8 Å². The molecule has 0 aliphatic rings. The Kier molecular flexibility index (Phi) is 4.56. The molecule has 19 heavy (non-hydrogen) atoms. The van der Waals surface area contributed by atoms with Crippen LogP contribution in [0.15, 0.2) is 28.0 Å². The van der Waals surface area contributed by atoms with Gasteiger partial charge in [0.05, 0.1) is 11.5 Å². The maximum atomic E-state index is 11.7. The summed E-state index contributed by atoms with van der Waals surface area (Å²) in [7, 11) is 0. The lowest BCUT2D eigenvalue weighted by Gasteiger charge is -2.09. The zero-order chi connectivity index (χ0) is 13.7. The number of hydrogen-bond donors (Lipinski definition) is 1. The normalized spacial score (nSPS) is 12.3. The van der Waals surface area contributed by atoms with E-state index in [4.69, 9.17) is 4.42 Å². The smallest absolute Gasteiger partial charge is 0.233 e. The van der Waals surface area contributed by atoms with Crippen LogP contribution in [-0.2, 0) is 11.3 Å². The highest BCUT2D eigenvalue weighted by molar-refractivity contribution is 8.00. The molecule has 1 N–H and O–H groups in total. The van der Waals surface area contributed by atoms with Crippen molar-refractivity contribution in [2.75, 3.05) is 6.54 Å². The van der Waals surface area contributed by atoms with E-state index in [1.165, 1.54) is 11.8 Å². The Bertz CT molecular complexity index is 525. The standard InChI is InChI=1S/C11H15N5O2S/c1-3-12-10(17)8(2)19-11-13-14-15-16(11)7-9-5-4-6-18-9/h4-6,8H,3,7H2,1-2H3,(H,12,17). The molecule has 0 spiro atoms. The first-order valence-corrected chi connectivity index (χ1v) is 6.81. The van der Waals surface area contributed by atoms with E-state index >= 15 is 0 Å². The molecular formula is C11H15N5O2S. The highest BCUT2D eigenvalue weighted by atomic mass is 32.2. The summed E-state index contributed by atoms with van der Waals surface area (Å²) in [5.74, 6) is 0.736. The summed E-state index contributed by atoms with van der Waals surface area (Å²) in [6.07, 6.45) is 1.60. The summed E-state index contributed by atoms with van der Waals surface area (Å²) in [6, 6.07) is 3.66. The lowest BCUT2D eigenvalue weighted by Crippen LogP contribution is -2.30. The Morgan fingerprint density at radius 3 is 3.16 bits per heavy atom. The number of carbonyl (C=O) groups is 1. The highest BCUT2D eigenvalue weighted by Crippen LogP contribution is 2.20. The van der Waals surface area contributed by atoms with Crippen molar-refractivity contribution in [2.24, 2.45) is 0 Å². The minimum atomic E-state index is -0.249. The van der Waals surface area contributed by atoms with E-state index in [1.54, 1.807) is 10.9 Å². The number of carbonyl (C=O) groups excluding carboxylic acids is 1. The van der Waals surface area contributed by atoms with Crippen LogP contribution in [0.5, 0.6) is 0 Å². The summed E-state index contributed by atoms with van der Waals surface area (Å²) >= 11 is 1.32. The number of hydrogen-bond acceptors (Lipinski definition) is 6. The summed E-state index contributed by atoms with van der Waals surface area (Å²) in [5, 5.41) is 14.6. The van der Waals surface area contributed by atoms with Crippen LogP contribution in [-0.4, -0.2) is 37.9 Å². The Morgan fingerprint density at radius 1 is 1.63 bits per heavy atom. The van der Waals surface area contributed by atoms with Crippen LogP contribution in [0.1, 0.15) is 19.6 Å². The third kappa shape index (κ3) is 3.57. The van der Waals surface area contributed by atoms with Crippen LogP contribution < -0.4 is 5.32 Å². The monoisotopic (exact) mass is 281 g/mol. The lowest BCUT2D eigenvalue weighted by molar-refractivity contribution is -0.120. The van der Waals surface area contributed by atoms with Crippen molar-refractivity contribution < 1.29 is 9.21 Å². The van der Waals surface area contributed by atoms with E-state index in [0.717, 1.165) is 5.76 Å². The molecule has 0 saturated heterocycles. The molecule has 1 amide bonds. The maximum Gasteiger partial charge on any atom is 0.233 e. The summed E-state index contributed by atoms with van der Waals surface area (Å²) in [5.41, 5.74) is 0. The van der Waals surface area contributed by atoms with Crippen molar-refractivity contribution in [2.45, 2.75) is 30.8 Å². The van der Waals surface area contributed by atoms with Gasteiger partial charge in [-0.25, -0.2) is 4.68 Å². The predicted molar refractivity (Wildman–Crippen MR) is 69.6 cm³/mol. The van der Waals surface area contributed by atoms with Crippen LogP contribution >= 0.6 is 11.8 Å². The fourth-order valence-electron chi connectivity index (χ4n) is 1.46. The molecule has 0 aromatic carbocycles. The van der Waals surface area contributed by atoms with Gasteiger partial charge < -0.3 is 9.73 Å². The number of aromatic nitrogens is 4. The molecule has 0 bridgehead atoms. The lowest BCUT2D eigenvalue weighted by atomic mass is 10.4. The maximum absolute atomic E-state index is 11.7. The average molecular weight is 281 g/mol. The van der Waals surface area contributed by atoms with Gasteiger partial charge in [0.25, 0.3) is 0 Å². The predicted octanol–water partition coefficient (Wildman–Crippen LogP) is 0.931. The molecule has 0 aliphatic carbocycles. The molecule has 102 valence electrons. The average Bonchev–Trinajstić information content (AvgIpc) is 3.03. The van der Waals surface area contributed by atoms with Gasteiger partial charge in [0.1, 0.15) is 12.3 Å². The van der Waals surface area contributed by atoms with E-state index in [1.807, 2.05) is 26.0 Å². The number of nitrogens with one attached hydrogen (secondary N) is 1. The van der Waals surface area contributed by atoms with Crippen LogP contribution in [0.25, 0.3) is 0 Å². The number of nitrogens with zero attached hydrogens (tertiary/aromatic N) is 4. The molecule has 7 nitrogen and oxygen atoms in total. The molecule has 1 atom stereocenters. The second-order valence-electron chi connectivity index (χ2n) is 3.85. The molecule has 0 fully saturated rings. The number of thioether (sulfide) groups is 1. The van der Waals surface area contributed by atoms with E-state index < -0.39 is 0 Å². The summed E-state index contributed by atoms with van der Waals surface area (Å²) in [4.78, 5) is 11.7. The summed E-state index contributed by atoms with van der Waals surface area (Å²) in [6.45, 7) is 4.77. The van der Waals surface area contributed by atoms with Crippen molar-refractivity contribution in [1.29, 1.82) is 0 Å². The van der Waals surface area contributed by atoms with Gasteiger partial charge in [-0.3, -0.25) is 4.79 Å². The van der Waals surface area contributed by atoms with Gasteiger partial charge in [0, 0.05) is 6.54 Å². The minimum Gasteiger partial charge on any atom is -0.467 e. The van der Waals surface area contributed by atoms with Crippen LogP contribution in [0.4, 0.5) is 0 Å². The van der Waals surface area contributed by atoms with Crippen LogP contribution in [0.2, 0.25) is 0 Å². The van der Waals surface area contributed by atoms with E-state index in [2.05, 4.69) is 20.8 Å². The summed E-state index contributed by atoms with van der Waals surface area (Å²) < 4.78 is 6.86. The van der Waals surface area contributed by atoms with Crippen molar-refractivity contribution in [3.8, 4) is 0 Å². The van der Waals surface area contributed by atoms with E-state index in [-0.39, 0.29) is 11.2 Å². The second kappa shape index (κ2) is 6.37. The third-order valence-corrected chi connectivity index (χ3v) is 3.46. The SMILES string of the molecule is CCNC(=O)C(C)Sc1nnnn1Cc1ccco1. The molecule has 2 aromatic rings. The third-order valence-electron chi connectivity index (χ3n) is 2.39. The molecule has 2 heterocycles. The Hall–Kier alpha value is -1.83. The fourth-order valence-corrected chi connectivity index (χ4v) is 2.27. The molecule has 0 saturated carbocycles. The van der Waals surface area contributed by atoms with Gasteiger partial charge in [0.15, 0.2) is 0 Å². The quantitative estimate of drug-likeness (QED) is 0.793. The van der Waals surface area contributed by atoms with Crippen molar-refractivity contribution in [3.05, 3.63) is 24.2 Å². The number of tetrazole rings is 1. The number of amides is 1. The Balaban J connectivity index is 2.01. The molecule has 1 unspecified atom stereocenters. The Labute approximate surface area is 114 Å². The van der Waals surface area contributed by atoms with Gasteiger partial charge in [-0.05, 0) is 36.4 Å². The van der Waals surface area contributed by atoms with Crippen molar-refractivity contribution in [1.82, 2.24) is 25.5 Å². The zero-order valence-corrected chi connectivity index (χ0v) is 11.6. The first kappa shape index (κ1) is 13.6. The first-order valence-electron chi connectivity index (χ1n) is 5.93. The zero-order valence-electron chi connectivity index (χ0n) is 10.7.